The van der Waals surface area contributed by atoms with Gasteiger partial charge in [-0.05, 0) is 48.2 Å². The Bertz CT molecular complexity index is 736. The monoisotopic (exact) mass is 421 g/mol. The molecule has 5 nitrogen and oxygen atoms in total. The summed E-state index contributed by atoms with van der Waals surface area (Å²) in [6, 6.07) is 4.58. The molecule has 0 saturated carbocycles. The zero-order chi connectivity index (χ0) is 18.6. The molecule has 0 radical (unpaired) electrons. The van der Waals surface area contributed by atoms with E-state index < -0.39 is 17.7 Å². The molecule has 0 aliphatic rings. The molecule has 0 atom stereocenters. The summed E-state index contributed by atoms with van der Waals surface area (Å²) in [4.78, 5) is 9.41. The predicted molar refractivity (Wildman–Crippen MR) is 91.5 cm³/mol. The number of alkyl halides is 3. The second kappa shape index (κ2) is 7.96. The molecule has 0 unspecified atom stereocenters. The zero-order valence-electron chi connectivity index (χ0n) is 13.5. The van der Waals surface area contributed by atoms with Crippen LogP contribution in [0.15, 0.2) is 28.7 Å². The molecule has 2 N–H and O–H groups in total. The van der Waals surface area contributed by atoms with Gasteiger partial charge in [0, 0.05) is 23.6 Å². The fourth-order valence-electron chi connectivity index (χ4n) is 1.86. The Labute approximate surface area is 150 Å². The highest BCUT2D eigenvalue weighted by Gasteiger charge is 2.33. The fraction of sp³-hybridized carbons (Fsp3) is 0.333. The Morgan fingerprint density at radius 2 is 1.88 bits per heavy atom. The smallest absolute Gasteiger partial charge is 0.353 e. The zero-order valence-corrected chi connectivity index (χ0v) is 15.0. The Kier molecular flexibility index (Phi) is 6.17. The van der Waals surface area contributed by atoms with Crippen LogP contribution >= 0.6 is 15.9 Å². The first-order chi connectivity index (χ1) is 11.6. The van der Waals surface area contributed by atoms with Gasteiger partial charge in [0.25, 0.3) is 0 Å². The molecular weight excluding hydrogens is 406 g/mol. The molecule has 0 spiro atoms. The first kappa shape index (κ1) is 19.4. The van der Waals surface area contributed by atoms with Gasteiger partial charge in [0.05, 0.1) is 5.69 Å². The van der Waals surface area contributed by atoms with Gasteiger partial charge in [0.2, 0.25) is 5.95 Å². The first-order valence-corrected chi connectivity index (χ1v) is 8.01. The van der Waals surface area contributed by atoms with Crippen LogP contribution in [0.2, 0.25) is 0 Å². The second-order valence-corrected chi connectivity index (χ2v) is 6.29. The quantitative estimate of drug-likeness (QED) is 0.687. The predicted octanol–water partition coefficient (Wildman–Crippen LogP) is 4.11. The van der Waals surface area contributed by atoms with E-state index in [9.17, 15) is 17.6 Å². The maximum absolute atomic E-state index is 13.1. The first-order valence-electron chi connectivity index (χ1n) is 7.22. The van der Waals surface area contributed by atoms with Crippen LogP contribution < -0.4 is 10.6 Å². The number of hydrogen-bond donors (Lipinski definition) is 2. The number of halogens is 5. The van der Waals surface area contributed by atoms with Gasteiger partial charge in [-0.3, -0.25) is 0 Å². The molecule has 0 bridgehead atoms. The van der Waals surface area contributed by atoms with E-state index in [0.29, 0.717) is 23.2 Å². The third-order valence-electron chi connectivity index (χ3n) is 3.05. The maximum atomic E-state index is 13.1. The Morgan fingerprint density at radius 3 is 2.48 bits per heavy atom. The van der Waals surface area contributed by atoms with Crippen molar-refractivity contribution in [3.63, 3.8) is 0 Å². The lowest BCUT2D eigenvalue weighted by atomic mass is 10.3. The summed E-state index contributed by atoms with van der Waals surface area (Å²) < 4.78 is 52.7. The van der Waals surface area contributed by atoms with Crippen molar-refractivity contribution in [1.29, 1.82) is 0 Å². The van der Waals surface area contributed by atoms with Crippen LogP contribution in [-0.2, 0) is 6.18 Å². The second-order valence-electron chi connectivity index (χ2n) is 5.44. The topological polar surface area (TPSA) is 53.1 Å². The number of nitrogens with one attached hydrogen (secondary N) is 2. The number of benzene rings is 1. The van der Waals surface area contributed by atoms with E-state index in [0.717, 1.165) is 6.07 Å². The molecule has 136 valence electrons. The molecule has 25 heavy (non-hydrogen) atoms. The fourth-order valence-corrected chi connectivity index (χ4v) is 2.31. The molecule has 0 saturated heterocycles. The van der Waals surface area contributed by atoms with Crippen LogP contribution in [0.3, 0.4) is 0 Å². The molecular formula is C15H16BrF4N5. The number of nitrogens with zero attached hydrogens (tertiary/aromatic N) is 3. The average molecular weight is 422 g/mol. The molecule has 1 aromatic carbocycles. The molecule has 0 fully saturated rings. The summed E-state index contributed by atoms with van der Waals surface area (Å²) in [6.45, 7) is 0.986. The minimum Gasteiger partial charge on any atom is -0.353 e. The lowest BCUT2D eigenvalue weighted by Crippen LogP contribution is -2.22. The van der Waals surface area contributed by atoms with Gasteiger partial charge in [0.15, 0.2) is 5.69 Å². The summed E-state index contributed by atoms with van der Waals surface area (Å²) in [5, 5.41) is 5.50. The van der Waals surface area contributed by atoms with Crippen molar-refractivity contribution >= 4 is 33.4 Å². The van der Waals surface area contributed by atoms with Gasteiger partial charge in [0.1, 0.15) is 11.6 Å². The summed E-state index contributed by atoms with van der Waals surface area (Å²) in [6.07, 6.45) is -4.61. The lowest BCUT2D eigenvalue weighted by Gasteiger charge is -2.14. The average Bonchev–Trinajstić information content (AvgIpc) is 2.49. The van der Waals surface area contributed by atoms with E-state index in [1.165, 1.54) is 18.2 Å². The Balaban J connectivity index is 2.29. The normalized spacial score (nSPS) is 11.7. The van der Waals surface area contributed by atoms with Gasteiger partial charge in [-0.25, -0.2) is 9.37 Å². The largest absolute Gasteiger partial charge is 0.433 e. The van der Waals surface area contributed by atoms with Gasteiger partial charge in [-0.1, -0.05) is 0 Å². The van der Waals surface area contributed by atoms with E-state index >= 15 is 0 Å². The minimum atomic E-state index is -4.61. The standard InChI is InChI=1S/C15H16BrF4N5/c1-25(2)6-5-21-14-23-12(15(18,19)20)8-13(24-14)22-11-4-3-9(17)7-10(11)16/h3-4,7-8H,5-6H2,1-2H3,(H2,21,22,23,24). The minimum absolute atomic E-state index is 0.0537. The highest BCUT2D eigenvalue weighted by molar-refractivity contribution is 9.10. The van der Waals surface area contributed by atoms with Crippen LogP contribution in [0.1, 0.15) is 5.69 Å². The highest BCUT2D eigenvalue weighted by atomic mass is 79.9. The number of anilines is 3. The number of hydrogen-bond acceptors (Lipinski definition) is 5. The van der Waals surface area contributed by atoms with Crippen molar-refractivity contribution in [3.05, 3.63) is 40.2 Å². The van der Waals surface area contributed by atoms with E-state index in [4.69, 9.17) is 0 Å². The van der Waals surface area contributed by atoms with Crippen LogP contribution in [0.5, 0.6) is 0 Å². The molecule has 2 rings (SSSR count). The SMILES string of the molecule is CN(C)CCNc1nc(Nc2ccc(F)cc2Br)cc(C(F)(F)F)n1. The summed E-state index contributed by atoms with van der Waals surface area (Å²) >= 11 is 3.15. The number of aromatic nitrogens is 2. The molecule has 0 amide bonds. The molecule has 1 heterocycles. The van der Waals surface area contributed by atoms with Crippen molar-refractivity contribution in [3.8, 4) is 0 Å². The van der Waals surface area contributed by atoms with Crippen LogP contribution in [0, 0.1) is 5.82 Å². The molecule has 2 aromatic rings. The van der Waals surface area contributed by atoms with E-state index in [-0.39, 0.29) is 11.8 Å². The van der Waals surface area contributed by atoms with Crippen LogP contribution in [0.25, 0.3) is 0 Å². The maximum Gasteiger partial charge on any atom is 0.433 e. The van der Waals surface area contributed by atoms with Crippen molar-refractivity contribution in [2.45, 2.75) is 6.18 Å². The van der Waals surface area contributed by atoms with Crippen molar-refractivity contribution in [1.82, 2.24) is 14.9 Å². The Hall–Kier alpha value is -1.94. The molecule has 10 heteroatoms. The lowest BCUT2D eigenvalue weighted by molar-refractivity contribution is -0.141. The van der Waals surface area contributed by atoms with Crippen LogP contribution in [-0.4, -0.2) is 42.1 Å². The van der Waals surface area contributed by atoms with Crippen molar-refractivity contribution in [2.75, 3.05) is 37.8 Å². The summed E-state index contributed by atoms with van der Waals surface area (Å²) in [5.74, 6) is -0.665. The van der Waals surface area contributed by atoms with E-state index in [1.54, 1.807) is 0 Å². The summed E-state index contributed by atoms with van der Waals surface area (Å²) in [5.41, 5.74) is -0.692. The van der Waals surface area contributed by atoms with Crippen LogP contribution in [0.4, 0.5) is 35.0 Å². The molecule has 0 aliphatic heterocycles. The van der Waals surface area contributed by atoms with E-state index in [1.807, 2.05) is 19.0 Å². The van der Waals surface area contributed by atoms with Gasteiger partial charge in [-0.2, -0.15) is 18.2 Å². The molecule has 0 aliphatic carbocycles. The third kappa shape index (κ3) is 5.82. The highest BCUT2D eigenvalue weighted by Crippen LogP contribution is 2.31. The summed E-state index contributed by atoms with van der Waals surface area (Å²) in [7, 11) is 3.68. The van der Waals surface area contributed by atoms with Crippen molar-refractivity contribution in [2.24, 2.45) is 0 Å². The Morgan fingerprint density at radius 1 is 1.16 bits per heavy atom. The number of rotatable bonds is 6. The van der Waals surface area contributed by atoms with E-state index in [2.05, 4.69) is 36.5 Å². The van der Waals surface area contributed by atoms with Crippen molar-refractivity contribution < 1.29 is 17.6 Å². The van der Waals surface area contributed by atoms with Gasteiger partial charge < -0.3 is 15.5 Å². The molecule has 1 aromatic heterocycles. The third-order valence-corrected chi connectivity index (χ3v) is 3.71. The number of likely N-dealkylation sites (N-methyl/N-ethyl adjacent to an activating group) is 1. The van der Waals surface area contributed by atoms with Gasteiger partial charge in [-0.15, -0.1) is 0 Å². The van der Waals surface area contributed by atoms with Gasteiger partial charge >= 0.3 is 6.18 Å².